The lowest BCUT2D eigenvalue weighted by molar-refractivity contribution is -0.121. The summed E-state index contributed by atoms with van der Waals surface area (Å²) < 4.78 is 5.08. The van der Waals surface area contributed by atoms with Crippen molar-refractivity contribution in [2.24, 2.45) is 0 Å². The third-order valence-electron chi connectivity index (χ3n) is 2.07. The van der Waals surface area contributed by atoms with Crippen LogP contribution >= 0.6 is 0 Å². The van der Waals surface area contributed by atoms with E-state index in [1.165, 1.54) is 18.2 Å². The van der Waals surface area contributed by atoms with E-state index in [9.17, 15) is 14.7 Å². The largest absolute Gasteiger partial charge is 0.506 e. The molecule has 18 heavy (non-hydrogen) atoms. The summed E-state index contributed by atoms with van der Waals surface area (Å²) in [6.07, 6.45) is -0.0882. The number of nitrogens with one attached hydrogen (secondary N) is 1. The topological polar surface area (TPSA) is 95.9 Å². The fraction of sp³-hybridized carbons (Fsp3) is 0.333. The van der Waals surface area contributed by atoms with Crippen LogP contribution in [-0.4, -0.2) is 34.8 Å². The Kier molecular flexibility index (Phi) is 4.67. The molecule has 0 spiro atoms. The van der Waals surface area contributed by atoms with Crippen LogP contribution in [-0.2, 0) is 9.53 Å². The van der Waals surface area contributed by atoms with Crippen LogP contribution in [0.25, 0.3) is 0 Å². The predicted octanol–water partition coefficient (Wildman–Crippen LogP) is 1.45. The summed E-state index contributed by atoms with van der Waals surface area (Å²) in [6, 6.07) is 3.64. The number of phenolic OH excluding ortho intramolecular Hbond substituents is 1. The summed E-state index contributed by atoms with van der Waals surface area (Å²) in [5, 5.41) is 20.7. The zero-order chi connectivity index (χ0) is 13.7. The highest BCUT2D eigenvalue weighted by Gasteiger charge is 2.11. The first-order chi connectivity index (χ1) is 8.40. The zero-order valence-corrected chi connectivity index (χ0v) is 10.1. The summed E-state index contributed by atoms with van der Waals surface area (Å²) >= 11 is 0. The number of ether oxygens (including phenoxy) is 1. The lowest BCUT2D eigenvalue weighted by atomic mass is 10.2. The van der Waals surface area contributed by atoms with Gasteiger partial charge in [0.2, 0.25) is 5.91 Å². The smallest absolute Gasteiger partial charge is 0.335 e. The molecule has 0 heterocycles. The number of carbonyl (C=O) groups is 2. The summed E-state index contributed by atoms with van der Waals surface area (Å²) in [4.78, 5) is 22.2. The van der Waals surface area contributed by atoms with Gasteiger partial charge in [-0.2, -0.15) is 0 Å². The maximum Gasteiger partial charge on any atom is 0.335 e. The molecule has 6 heteroatoms. The molecule has 0 atom stereocenters. The number of carboxylic acids is 1. The Morgan fingerprint density at radius 1 is 1.39 bits per heavy atom. The Balaban J connectivity index is 2.74. The maximum absolute atomic E-state index is 11.5. The molecule has 0 aromatic heterocycles. The first kappa shape index (κ1) is 14.0. The van der Waals surface area contributed by atoms with Gasteiger partial charge in [-0.3, -0.25) is 4.79 Å². The van der Waals surface area contributed by atoms with Crippen molar-refractivity contribution in [2.75, 3.05) is 11.9 Å². The molecule has 0 saturated carbocycles. The maximum atomic E-state index is 11.5. The Hall–Kier alpha value is -2.08. The second kappa shape index (κ2) is 6.02. The van der Waals surface area contributed by atoms with Crippen molar-refractivity contribution in [1.29, 1.82) is 0 Å². The van der Waals surface area contributed by atoms with Gasteiger partial charge in [0.1, 0.15) is 12.4 Å². The van der Waals surface area contributed by atoms with Gasteiger partial charge in [-0.15, -0.1) is 0 Å². The monoisotopic (exact) mass is 253 g/mol. The molecular weight excluding hydrogens is 238 g/mol. The number of hydrogen-bond donors (Lipinski definition) is 3. The number of phenols is 1. The van der Waals surface area contributed by atoms with E-state index in [1.807, 2.05) is 0 Å². The molecule has 0 fully saturated rings. The van der Waals surface area contributed by atoms with Crippen molar-refractivity contribution >= 4 is 17.6 Å². The average Bonchev–Trinajstić information content (AvgIpc) is 2.29. The third kappa shape index (κ3) is 4.06. The number of anilines is 1. The Morgan fingerprint density at radius 3 is 2.61 bits per heavy atom. The molecule has 0 radical (unpaired) electrons. The lowest BCUT2D eigenvalue weighted by Gasteiger charge is -2.10. The Labute approximate surface area is 104 Å². The third-order valence-corrected chi connectivity index (χ3v) is 2.07. The number of amides is 1. The molecular formula is C12H15NO5. The molecule has 1 amide bonds. The number of aromatic hydroxyl groups is 1. The average molecular weight is 253 g/mol. The van der Waals surface area contributed by atoms with Crippen LogP contribution in [0.3, 0.4) is 0 Å². The second-order valence-electron chi connectivity index (χ2n) is 3.95. The normalized spacial score (nSPS) is 10.4. The molecule has 98 valence electrons. The van der Waals surface area contributed by atoms with Crippen LogP contribution < -0.4 is 5.32 Å². The second-order valence-corrected chi connectivity index (χ2v) is 3.95. The van der Waals surface area contributed by atoms with Crippen LogP contribution in [0.2, 0.25) is 0 Å². The highest BCUT2D eigenvalue weighted by molar-refractivity contribution is 5.96. The first-order valence-corrected chi connectivity index (χ1v) is 5.38. The minimum atomic E-state index is -1.14. The summed E-state index contributed by atoms with van der Waals surface area (Å²) in [6.45, 7) is 3.42. The molecule has 0 saturated heterocycles. The minimum Gasteiger partial charge on any atom is -0.506 e. The van der Waals surface area contributed by atoms with Crippen molar-refractivity contribution < 1.29 is 24.5 Å². The molecule has 1 rings (SSSR count). The van der Waals surface area contributed by atoms with Gasteiger partial charge >= 0.3 is 5.97 Å². The van der Waals surface area contributed by atoms with E-state index in [4.69, 9.17) is 9.84 Å². The molecule has 6 nitrogen and oxygen atoms in total. The number of aromatic carboxylic acids is 1. The molecule has 0 unspecified atom stereocenters. The minimum absolute atomic E-state index is 0.0205. The molecule has 0 aliphatic heterocycles. The molecule has 0 bridgehead atoms. The zero-order valence-electron chi connectivity index (χ0n) is 10.1. The molecule has 3 N–H and O–H groups in total. The van der Waals surface area contributed by atoms with E-state index in [-0.39, 0.29) is 29.7 Å². The lowest BCUT2D eigenvalue weighted by Crippen LogP contribution is -2.20. The number of carbonyl (C=O) groups excluding carboxylic acids is 1. The van der Waals surface area contributed by atoms with Gasteiger partial charge < -0.3 is 20.3 Å². The fourth-order valence-corrected chi connectivity index (χ4v) is 1.20. The van der Waals surface area contributed by atoms with Gasteiger partial charge in [0.05, 0.1) is 17.4 Å². The van der Waals surface area contributed by atoms with E-state index < -0.39 is 11.9 Å². The quantitative estimate of drug-likeness (QED) is 0.690. The highest BCUT2D eigenvalue weighted by Crippen LogP contribution is 2.24. The van der Waals surface area contributed by atoms with Crippen LogP contribution in [0, 0.1) is 0 Å². The first-order valence-electron chi connectivity index (χ1n) is 5.38. The van der Waals surface area contributed by atoms with Gasteiger partial charge in [-0.25, -0.2) is 4.79 Å². The van der Waals surface area contributed by atoms with Gasteiger partial charge in [0, 0.05) is 0 Å². The number of hydrogen-bond acceptors (Lipinski definition) is 4. The van der Waals surface area contributed by atoms with Crippen molar-refractivity contribution in [3.63, 3.8) is 0 Å². The van der Waals surface area contributed by atoms with Crippen molar-refractivity contribution in [1.82, 2.24) is 0 Å². The van der Waals surface area contributed by atoms with E-state index in [0.29, 0.717) is 0 Å². The summed E-state index contributed by atoms with van der Waals surface area (Å²) in [5.74, 6) is -1.79. The fourth-order valence-electron chi connectivity index (χ4n) is 1.20. The SMILES string of the molecule is CC(C)OCC(=O)Nc1cc(C(=O)O)ccc1O. The highest BCUT2D eigenvalue weighted by atomic mass is 16.5. The van der Waals surface area contributed by atoms with Crippen LogP contribution in [0.15, 0.2) is 18.2 Å². The van der Waals surface area contributed by atoms with Gasteiger partial charge in [-0.1, -0.05) is 0 Å². The van der Waals surface area contributed by atoms with Gasteiger partial charge in [0.15, 0.2) is 0 Å². The van der Waals surface area contributed by atoms with Crippen LogP contribution in [0.1, 0.15) is 24.2 Å². The van der Waals surface area contributed by atoms with Crippen molar-refractivity contribution in [2.45, 2.75) is 20.0 Å². The van der Waals surface area contributed by atoms with Crippen LogP contribution in [0.5, 0.6) is 5.75 Å². The van der Waals surface area contributed by atoms with Crippen molar-refractivity contribution in [3.8, 4) is 5.75 Å². The summed E-state index contributed by atoms with van der Waals surface area (Å²) in [5.41, 5.74) is 0.0279. The Bertz CT molecular complexity index is 456. The van der Waals surface area contributed by atoms with Crippen molar-refractivity contribution in [3.05, 3.63) is 23.8 Å². The molecule has 0 aliphatic rings. The molecule has 0 aliphatic carbocycles. The number of carboxylic acid groups (broad SMARTS) is 1. The summed E-state index contributed by atoms with van der Waals surface area (Å²) in [7, 11) is 0. The predicted molar refractivity (Wildman–Crippen MR) is 64.8 cm³/mol. The van der Waals surface area contributed by atoms with E-state index in [0.717, 1.165) is 0 Å². The molecule has 1 aromatic rings. The standard InChI is InChI=1S/C12H15NO5/c1-7(2)18-6-11(15)13-9-5-8(12(16)17)3-4-10(9)14/h3-5,7,14H,6H2,1-2H3,(H,13,15)(H,16,17). The van der Waals surface area contributed by atoms with Gasteiger partial charge in [-0.05, 0) is 32.0 Å². The number of rotatable bonds is 5. The van der Waals surface area contributed by atoms with E-state index in [2.05, 4.69) is 5.32 Å². The van der Waals surface area contributed by atoms with Gasteiger partial charge in [0.25, 0.3) is 0 Å². The number of benzene rings is 1. The van der Waals surface area contributed by atoms with Crippen LogP contribution in [0.4, 0.5) is 5.69 Å². The molecule has 1 aromatic carbocycles. The van der Waals surface area contributed by atoms with E-state index in [1.54, 1.807) is 13.8 Å². The van der Waals surface area contributed by atoms with E-state index >= 15 is 0 Å². The Morgan fingerprint density at radius 2 is 2.06 bits per heavy atom.